The van der Waals surface area contributed by atoms with Crippen molar-refractivity contribution >= 4 is 14.0 Å². The highest BCUT2D eigenvalue weighted by molar-refractivity contribution is 6.77. The summed E-state index contributed by atoms with van der Waals surface area (Å²) in [5, 5.41) is 0. The van der Waals surface area contributed by atoms with Crippen LogP contribution in [0.15, 0.2) is 12.2 Å². The van der Waals surface area contributed by atoms with Gasteiger partial charge in [-0.05, 0) is 26.7 Å². The van der Waals surface area contributed by atoms with Gasteiger partial charge in [-0.15, -0.1) is 0 Å². The fourth-order valence-electron chi connectivity index (χ4n) is 1.87. The molecule has 0 aromatic rings. The van der Waals surface area contributed by atoms with Crippen LogP contribution in [0.2, 0.25) is 25.2 Å². The number of esters is 1. The summed E-state index contributed by atoms with van der Waals surface area (Å²) < 4.78 is 5.52. The van der Waals surface area contributed by atoms with E-state index in [1.165, 1.54) is 12.1 Å². The lowest BCUT2D eigenvalue weighted by Gasteiger charge is -2.39. The molecule has 1 aliphatic heterocycles. The Morgan fingerprint density at radius 3 is 2.20 bits per heavy atom. The van der Waals surface area contributed by atoms with Crippen molar-refractivity contribution in [2.75, 3.05) is 0 Å². The smallest absolute Gasteiger partial charge is 0.333 e. The zero-order valence-electron chi connectivity index (χ0n) is 10.4. The Morgan fingerprint density at radius 2 is 1.80 bits per heavy atom. The molecule has 0 unspecified atom stereocenters. The molecule has 1 aliphatic rings. The van der Waals surface area contributed by atoms with Crippen molar-refractivity contribution < 1.29 is 9.53 Å². The van der Waals surface area contributed by atoms with Crippen molar-refractivity contribution in [2.24, 2.45) is 0 Å². The summed E-state index contributed by atoms with van der Waals surface area (Å²) in [6.45, 7) is 12.2. The van der Waals surface area contributed by atoms with Gasteiger partial charge in [-0.1, -0.05) is 31.8 Å². The first-order valence-electron chi connectivity index (χ1n) is 5.63. The lowest BCUT2D eigenvalue weighted by Crippen LogP contribution is -2.42. The Hall–Kier alpha value is -0.573. The quantitative estimate of drug-likeness (QED) is 0.410. The van der Waals surface area contributed by atoms with Crippen LogP contribution in [0, 0.1) is 0 Å². The average molecular weight is 226 g/mol. The highest BCUT2D eigenvalue weighted by atomic mass is 28.3. The first-order chi connectivity index (χ1) is 6.74. The number of rotatable bonds is 2. The molecule has 0 aliphatic carbocycles. The second kappa shape index (κ2) is 4.12. The van der Waals surface area contributed by atoms with Crippen molar-refractivity contribution in [3.05, 3.63) is 12.2 Å². The summed E-state index contributed by atoms with van der Waals surface area (Å²) in [4.78, 5) is 11.5. The molecule has 0 N–H and O–H groups in total. The Morgan fingerprint density at radius 1 is 1.33 bits per heavy atom. The first-order valence-corrected chi connectivity index (χ1v) is 9.04. The molecule has 0 aromatic carbocycles. The highest BCUT2D eigenvalue weighted by Gasteiger charge is 2.38. The molecule has 1 saturated heterocycles. The third-order valence-electron chi connectivity index (χ3n) is 3.35. The van der Waals surface area contributed by atoms with Crippen molar-refractivity contribution in [3.63, 3.8) is 0 Å². The molecule has 0 radical (unpaired) electrons. The van der Waals surface area contributed by atoms with E-state index in [4.69, 9.17) is 4.74 Å². The SMILES string of the molecule is C=C(C)C(=O)OC1(C)CC[Si](C)(C)CC1. The van der Waals surface area contributed by atoms with Crippen LogP contribution in [0.3, 0.4) is 0 Å². The lowest BCUT2D eigenvalue weighted by molar-refractivity contribution is -0.154. The minimum Gasteiger partial charge on any atom is -0.456 e. The van der Waals surface area contributed by atoms with Gasteiger partial charge in [-0.2, -0.15) is 0 Å². The minimum atomic E-state index is -0.971. The minimum absolute atomic E-state index is 0.237. The number of carbonyl (C=O) groups is 1. The Kier molecular flexibility index (Phi) is 3.43. The standard InChI is InChI=1S/C12H22O2Si/c1-10(2)11(13)14-12(3)6-8-15(4,5)9-7-12/h1,6-9H2,2-5H3. The Labute approximate surface area is 93.7 Å². The van der Waals surface area contributed by atoms with Gasteiger partial charge in [-0.3, -0.25) is 0 Å². The molecule has 1 fully saturated rings. The van der Waals surface area contributed by atoms with E-state index in [1.807, 2.05) is 0 Å². The van der Waals surface area contributed by atoms with E-state index in [9.17, 15) is 4.79 Å². The van der Waals surface area contributed by atoms with Gasteiger partial charge in [0.2, 0.25) is 0 Å². The molecular weight excluding hydrogens is 204 g/mol. The van der Waals surface area contributed by atoms with Gasteiger partial charge >= 0.3 is 5.97 Å². The predicted octanol–water partition coefficient (Wildman–Crippen LogP) is 3.37. The summed E-state index contributed by atoms with van der Waals surface area (Å²) in [7, 11) is -0.971. The molecular formula is C12H22O2Si. The van der Waals surface area contributed by atoms with Crippen LogP contribution < -0.4 is 0 Å². The van der Waals surface area contributed by atoms with E-state index >= 15 is 0 Å². The van der Waals surface area contributed by atoms with Gasteiger partial charge in [0.25, 0.3) is 0 Å². The third-order valence-corrected chi connectivity index (χ3v) is 6.56. The maximum Gasteiger partial charge on any atom is 0.333 e. The summed E-state index contributed by atoms with van der Waals surface area (Å²) in [5.74, 6) is -0.237. The van der Waals surface area contributed by atoms with Gasteiger partial charge in [0.05, 0.1) is 0 Å². The fraction of sp³-hybridized carbons (Fsp3) is 0.750. The van der Waals surface area contributed by atoms with E-state index in [1.54, 1.807) is 6.92 Å². The average Bonchev–Trinajstić information content (AvgIpc) is 2.11. The normalized spacial score (nSPS) is 23.2. The van der Waals surface area contributed by atoms with Crippen molar-refractivity contribution in [3.8, 4) is 0 Å². The van der Waals surface area contributed by atoms with Crippen LogP contribution >= 0.6 is 0 Å². The van der Waals surface area contributed by atoms with E-state index in [0.29, 0.717) is 5.57 Å². The van der Waals surface area contributed by atoms with Crippen LogP contribution in [0.25, 0.3) is 0 Å². The first kappa shape index (κ1) is 12.5. The van der Waals surface area contributed by atoms with E-state index in [-0.39, 0.29) is 11.6 Å². The molecule has 0 atom stereocenters. The maximum atomic E-state index is 11.5. The predicted molar refractivity (Wildman–Crippen MR) is 65.6 cm³/mol. The summed E-state index contributed by atoms with van der Waals surface area (Å²) in [5.41, 5.74) is 0.261. The molecule has 15 heavy (non-hydrogen) atoms. The highest BCUT2D eigenvalue weighted by Crippen LogP contribution is 2.37. The summed E-state index contributed by atoms with van der Waals surface area (Å²) in [6, 6.07) is 2.51. The number of ether oxygens (including phenoxy) is 1. The van der Waals surface area contributed by atoms with Gasteiger partial charge in [0, 0.05) is 13.6 Å². The van der Waals surface area contributed by atoms with Crippen molar-refractivity contribution in [2.45, 2.75) is 57.5 Å². The molecule has 0 saturated carbocycles. The van der Waals surface area contributed by atoms with Gasteiger partial charge in [0.15, 0.2) is 0 Å². The summed E-state index contributed by atoms with van der Waals surface area (Å²) in [6.07, 6.45) is 2.04. The molecule has 1 heterocycles. The van der Waals surface area contributed by atoms with Crippen LogP contribution in [0.1, 0.15) is 26.7 Å². The largest absolute Gasteiger partial charge is 0.456 e. The zero-order valence-corrected chi connectivity index (χ0v) is 11.4. The van der Waals surface area contributed by atoms with Crippen LogP contribution in [-0.4, -0.2) is 19.6 Å². The second-order valence-electron chi connectivity index (χ2n) is 5.78. The van der Waals surface area contributed by atoms with E-state index < -0.39 is 8.07 Å². The van der Waals surface area contributed by atoms with Gasteiger partial charge in [-0.25, -0.2) is 4.79 Å². The maximum absolute atomic E-state index is 11.5. The Balaban J connectivity index is 2.56. The molecule has 0 amide bonds. The van der Waals surface area contributed by atoms with Crippen LogP contribution in [0.4, 0.5) is 0 Å². The number of carbonyl (C=O) groups excluding carboxylic acids is 1. The van der Waals surface area contributed by atoms with E-state index in [2.05, 4.69) is 26.6 Å². The lowest BCUT2D eigenvalue weighted by atomic mass is 9.99. The Bertz CT molecular complexity index is 271. The van der Waals surface area contributed by atoms with E-state index in [0.717, 1.165) is 12.8 Å². The summed E-state index contributed by atoms with van der Waals surface area (Å²) >= 11 is 0. The van der Waals surface area contributed by atoms with Gasteiger partial charge < -0.3 is 4.74 Å². The van der Waals surface area contributed by atoms with Gasteiger partial charge in [0.1, 0.15) is 5.60 Å². The molecule has 0 bridgehead atoms. The molecule has 0 spiro atoms. The topological polar surface area (TPSA) is 26.3 Å². The number of hydrogen-bond donors (Lipinski definition) is 0. The second-order valence-corrected chi connectivity index (χ2v) is 11.1. The monoisotopic (exact) mass is 226 g/mol. The van der Waals surface area contributed by atoms with Crippen molar-refractivity contribution in [1.29, 1.82) is 0 Å². The number of hydrogen-bond acceptors (Lipinski definition) is 2. The van der Waals surface area contributed by atoms with Crippen LogP contribution in [-0.2, 0) is 9.53 Å². The third kappa shape index (κ3) is 3.49. The fourth-order valence-corrected chi connectivity index (χ4v) is 4.53. The van der Waals surface area contributed by atoms with Crippen LogP contribution in [0.5, 0.6) is 0 Å². The zero-order chi connectivity index (χ0) is 11.7. The molecule has 86 valence electrons. The van der Waals surface area contributed by atoms with Crippen molar-refractivity contribution in [1.82, 2.24) is 0 Å². The molecule has 0 aromatic heterocycles. The molecule has 3 heteroatoms. The molecule has 1 rings (SSSR count). The molecule has 2 nitrogen and oxygen atoms in total.